The van der Waals surface area contributed by atoms with Crippen LogP contribution in [0.2, 0.25) is 0 Å². The van der Waals surface area contributed by atoms with E-state index >= 15 is 0 Å². The molecule has 0 amide bonds. The Kier molecular flexibility index (Phi) is 4.60. The zero-order chi connectivity index (χ0) is 10.7. The lowest BCUT2D eigenvalue weighted by molar-refractivity contribution is 0.556. The number of halogens is 1. The van der Waals surface area contributed by atoms with Crippen LogP contribution in [0.5, 0.6) is 0 Å². The van der Waals surface area contributed by atoms with E-state index in [0.29, 0.717) is 6.54 Å². The third kappa shape index (κ3) is 3.11. The van der Waals surface area contributed by atoms with Gasteiger partial charge in [0, 0.05) is 25.0 Å². The first-order valence-electron chi connectivity index (χ1n) is 4.67. The fraction of sp³-hybridized carbons (Fsp3) is 0.500. The Morgan fingerprint density at radius 1 is 1.44 bits per heavy atom. The van der Waals surface area contributed by atoms with E-state index in [0.717, 1.165) is 13.0 Å². The molecule has 1 atom stereocenters. The molecular formula is C8H13ClN4O2S. The van der Waals surface area contributed by atoms with E-state index in [1.807, 2.05) is 0 Å². The largest absolute Gasteiger partial charge is 0.315 e. The number of nitrogens with one attached hydrogen (secondary N) is 2. The van der Waals surface area contributed by atoms with Gasteiger partial charge in [0.2, 0.25) is 0 Å². The Bertz CT molecular complexity index is 419. The van der Waals surface area contributed by atoms with Crippen LogP contribution in [-0.2, 0) is 10.0 Å². The molecule has 1 aliphatic rings. The lowest BCUT2D eigenvalue weighted by Gasteiger charge is -2.10. The molecule has 1 aromatic heterocycles. The summed E-state index contributed by atoms with van der Waals surface area (Å²) in [5.41, 5.74) is 0. The van der Waals surface area contributed by atoms with Crippen molar-refractivity contribution in [1.29, 1.82) is 0 Å². The van der Waals surface area contributed by atoms with Crippen LogP contribution in [0, 0.1) is 0 Å². The lowest BCUT2D eigenvalue weighted by Crippen LogP contribution is -2.36. The molecule has 0 unspecified atom stereocenters. The number of aromatic nitrogens is 2. The molecule has 8 heteroatoms. The van der Waals surface area contributed by atoms with Crippen LogP contribution < -0.4 is 10.0 Å². The van der Waals surface area contributed by atoms with Crippen molar-refractivity contribution in [2.45, 2.75) is 17.5 Å². The molecule has 1 aliphatic heterocycles. The first-order valence-corrected chi connectivity index (χ1v) is 6.16. The molecule has 0 radical (unpaired) electrons. The van der Waals surface area contributed by atoms with E-state index in [9.17, 15) is 8.42 Å². The van der Waals surface area contributed by atoms with Gasteiger partial charge in [-0.1, -0.05) is 0 Å². The second-order valence-corrected chi connectivity index (χ2v) is 5.02. The summed E-state index contributed by atoms with van der Waals surface area (Å²) in [5.74, 6) is 0. The Balaban J connectivity index is 0.00000128. The van der Waals surface area contributed by atoms with Gasteiger partial charge in [-0.25, -0.2) is 18.1 Å². The smallest absolute Gasteiger partial charge is 0.259 e. The van der Waals surface area contributed by atoms with Crippen molar-refractivity contribution in [2.75, 3.05) is 13.1 Å². The summed E-state index contributed by atoms with van der Waals surface area (Å²) in [6.45, 7) is 1.51. The van der Waals surface area contributed by atoms with E-state index < -0.39 is 10.0 Å². The second-order valence-electron chi connectivity index (χ2n) is 3.35. The molecule has 0 aromatic carbocycles. The van der Waals surface area contributed by atoms with Gasteiger partial charge in [0.25, 0.3) is 10.0 Å². The molecule has 2 heterocycles. The highest BCUT2D eigenvalue weighted by atomic mass is 35.5. The molecule has 16 heavy (non-hydrogen) atoms. The van der Waals surface area contributed by atoms with Crippen molar-refractivity contribution < 1.29 is 8.42 Å². The average Bonchev–Trinajstić information content (AvgIpc) is 2.71. The maximum absolute atomic E-state index is 11.7. The number of hydrogen-bond donors (Lipinski definition) is 2. The quantitative estimate of drug-likeness (QED) is 0.772. The second kappa shape index (κ2) is 5.53. The average molecular weight is 265 g/mol. The Labute approximate surface area is 100 Å². The van der Waals surface area contributed by atoms with Gasteiger partial charge in [-0.15, -0.1) is 12.4 Å². The summed E-state index contributed by atoms with van der Waals surface area (Å²) < 4.78 is 26.1. The standard InChI is InChI=1S/C8H12N4O2S.ClH/c13-15(14,8-6-10-3-4-11-8)12-7-1-2-9-5-7;/h3-4,6-7,9,12H,1-2,5H2;1H/t7-;/m1./s1. The fourth-order valence-corrected chi connectivity index (χ4v) is 2.62. The highest BCUT2D eigenvalue weighted by Crippen LogP contribution is 2.06. The highest BCUT2D eigenvalue weighted by molar-refractivity contribution is 7.89. The van der Waals surface area contributed by atoms with Crippen LogP contribution in [-0.4, -0.2) is 37.5 Å². The highest BCUT2D eigenvalue weighted by Gasteiger charge is 2.23. The Morgan fingerprint density at radius 3 is 2.81 bits per heavy atom. The fourth-order valence-electron chi connectivity index (χ4n) is 1.46. The molecule has 2 N–H and O–H groups in total. The number of nitrogens with zero attached hydrogens (tertiary/aromatic N) is 2. The van der Waals surface area contributed by atoms with E-state index in [4.69, 9.17) is 0 Å². The summed E-state index contributed by atoms with van der Waals surface area (Å²) >= 11 is 0. The zero-order valence-electron chi connectivity index (χ0n) is 8.46. The van der Waals surface area contributed by atoms with E-state index in [1.165, 1.54) is 18.6 Å². The van der Waals surface area contributed by atoms with E-state index in [1.54, 1.807) is 0 Å². The van der Waals surface area contributed by atoms with E-state index in [2.05, 4.69) is 20.0 Å². The van der Waals surface area contributed by atoms with Crippen LogP contribution in [0.4, 0.5) is 0 Å². The number of sulfonamides is 1. The minimum Gasteiger partial charge on any atom is -0.315 e. The molecule has 2 rings (SSSR count). The molecule has 0 saturated carbocycles. The Morgan fingerprint density at radius 2 is 2.25 bits per heavy atom. The number of hydrogen-bond acceptors (Lipinski definition) is 5. The van der Waals surface area contributed by atoms with Gasteiger partial charge in [-0.05, 0) is 13.0 Å². The van der Waals surface area contributed by atoms with Crippen LogP contribution in [0.3, 0.4) is 0 Å². The summed E-state index contributed by atoms with van der Waals surface area (Å²) in [6.07, 6.45) is 4.85. The normalized spacial score (nSPS) is 20.4. The predicted molar refractivity (Wildman–Crippen MR) is 60.9 cm³/mol. The van der Waals surface area contributed by atoms with Crippen molar-refractivity contribution >= 4 is 22.4 Å². The maximum atomic E-state index is 11.7. The first kappa shape index (κ1) is 13.3. The van der Waals surface area contributed by atoms with Crippen molar-refractivity contribution in [3.8, 4) is 0 Å². The lowest BCUT2D eigenvalue weighted by atomic mass is 10.3. The SMILES string of the molecule is Cl.O=S(=O)(N[C@@H]1CCNC1)c1cnccn1. The van der Waals surface area contributed by atoms with Gasteiger partial charge in [-0.2, -0.15) is 0 Å². The third-order valence-corrected chi connectivity index (χ3v) is 3.60. The topological polar surface area (TPSA) is 84.0 Å². The third-order valence-electron chi connectivity index (χ3n) is 2.20. The molecular weight excluding hydrogens is 252 g/mol. The van der Waals surface area contributed by atoms with Crippen LogP contribution in [0.15, 0.2) is 23.6 Å². The van der Waals surface area contributed by atoms with Crippen molar-refractivity contribution in [2.24, 2.45) is 0 Å². The molecule has 1 aromatic rings. The zero-order valence-corrected chi connectivity index (χ0v) is 10.1. The van der Waals surface area contributed by atoms with E-state index in [-0.39, 0.29) is 23.5 Å². The molecule has 1 fully saturated rings. The monoisotopic (exact) mass is 264 g/mol. The van der Waals surface area contributed by atoms with Crippen molar-refractivity contribution in [1.82, 2.24) is 20.0 Å². The van der Waals surface area contributed by atoms with Gasteiger partial charge in [-0.3, -0.25) is 4.98 Å². The predicted octanol–water partition coefficient (Wildman–Crippen LogP) is -0.461. The summed E-state index contributed by atoms with van der Waals surface area (Å²) in [5, 5.41) is 3.05. The molecule has 0 bridgehead atoms. The van der Waals surface area contributed by atoms with Gasteiger partial charge in [0.1, 0.15) is 0 Å². The van der Waals surface area contributed by atoms with Gasteiger partial charge < -0.3 is 5.32 Å². The summed E-state index contributed by atoms with van der Waals surface area (Å²) in [6, 6.07) is -0.0444. The van der Waals surface area contributed by atoms with Crippen LogP contribution in [0.1, 0.15) is 6.42 Å². The minimum atomic E-state index is -3.51. The maximum Gasteiger partial charge on any atom is 0.259 e. The van der Waals surface area contributed by atoms with Crippen molar-refractivity contribution in [3.63, 3.8) is 0 Å². The van der Waals surface area contributed by atoms with Crippen LogP contribution >= 0.6 is 12.4 Å². The van der Waals surface area contributed by atoms with Gasteiger partial charge >= 0.3 is 0 Å². The Hall–Kier alpha value is -0.760. The first-order chi connectivity index (χ1) is 7.18. The van der Waals surface area contributed by atoms with Gasteiger partial charge in [0.15, 0.2) is 5.03 Å². The summed E-state index contributed by atoms with van der Waals surface area (Å²) in [7, 11) is -3.51. The molecule has 6 nitrogen and oxygen atoms in total. The van der Waals surface area contributed by atoms with Crippen molar-refractivity contribution in [3.05, 3.63) is 18.6 Å². The van der Waals surface area contributed by atoms with Crippen LogP contribution in [0.25, 0.3) is 0 Å². The molecule has 1 saturated heterocycles. The minimum absolute atomic E-state index is 0. The number of rotatable bonds is 3. The molecule has 0 spiro atoms. The summed E-state index contributed by atoms with van der Waals surface area (Å²) in [4.78, 5) is 7.49. The molecule has 90 valence electrons. The van der Waals surface area contributed by atoms with Gasteiger partial charge in [0.05, 0.1) is 6.20 Å². The molecule has 0 aliphatic carbocycles.